The summed E-state index contributed by atoms with van der Waals surface area (Å²) < 4.78 is 21.6. The summed E-state index contributed by atoms with van der Waals surface area (Å²) in [4.78, 5) is 7.08. The second kappa shape index (κ2) is 6.61. The zero-order chi connectivity index (χ0) is 17.4. The summed E-state index contributed by atoms with van der Waals surface area (Å²) in [5, 5.41) is 3.10. The van der Waals surface area contributed by atoms with Crippen LogP contribution in [-0.4, -0.2) is 35.9 Å². The minimum Gasteiger partial charge on any atom is -0.378 e. The fourth-order valence-corrected chi connectivity index (χ4v) is 4.19. The SMILES string of the molecule is Cc1cc(-c2csc(N3CCOCC3)n2)c(C)n1-c1ccccc1F. The maximum atomic E-state index is 14.2. The molecule has 1 saturated heterocycles. The van der Waals surface area contributed by atoms with Crippen LogP contribution in [0.15, 0.2) is 35.7 Å². The van der Waals surface area contributed by atoms with E-state index in [0.29, 0.717) is 5.69 Å². The summed E-state index contributed by atoms with van der Waals surface area (Å²) >= 11 is 1.65. The van der Waals surface area contributed by atoms with Crippen molar-refractivity contribution >= 4 is 16.5 Å². The highest BCUT2D eigenvalue weighted by Gasteiger charge is 2.19. The Balaban J connectivity index is 1.72. The van der Waals surface area contributed by atoms with E-state index < -0.39 is 0 Å². The fraction of sp³-hybridized carbons (Fsp3) is 0.316. The molecule has 6 heteroatoms. The number of benzene rings is 1. The van der Waals surface area contributed by atoms with Crippen molar-refractivity contribution in [3.8, 4) is 16.9 Å². The van der Waals surface area contributed by atoms with Crippen molar-refractivity contribution in [1.29, 1.82) is 0 Å². The van der Waals surface area contributed by atoms with E-state index in [-0.39, 0.29) is 5.82 Å². The van der Waals surface area contributed by atoms with E-state index in [4.69, 9.17) is 9.72 Å². The molecule has 0 bridgehead atoms. The first-order valence-corrected chi connectivity index (χ1v) is 9.25. The number of rotatable bonds is 3. The lowest BCUT2D eigenvalue weighted by molar-refractivity contribution is 0.122. The summed E-state index contributed by atoms with van der Waals surface area (Å²) in [7, 11) is 0. The van der Waals surface area contributed by atoms with Gasteiger partial charge in [-0.2, -0.15) is 0 Å². The highest BCUT2D eigenvalue weighted by molar-refractivity contribution is 7.14. The topological polar surface area (TPSA) is 30.3 Å². The van der Waals surface area contributed by atoms with Crippen molar-refractivity contribution in [1.82, 2.24) is 9.55 Å². The lowest BCUT2D eigenvalue weighted by atomic mass is 10.2. The summed E-state index contributed by atoms with van der Waals surface area (Å²) in [5.41, 5.74) is 4.58. The van der Waals surface area contributed by atoms with E-state index in [1.807, 2.05) is 24.5 Å². The zero-order valence-corrected chi connectivity index (χ0v) is 15.1. The molecule has 0 spiro atoms. The number of para-hydroxylation sites is 1. The van der Waals surface area contributed by atoms with E-state index in [2.05, 4.69) is 16.3 Å². The van der Waals surface area contributed by atoms with Gasteiger partial charge in [-0.1, -0.05) is 12.1 Å². The van der Waals surface area contributed by atoms with Gasteiger partial charge in [0.2, 0.25) is 0 Å². The van der Waals surface area contributed by atoms with Crippen LogP contribution in [-0.2, 0) is 4.74 Å². The van der Waals surface area contributed by atoms with Crippen molar-refractivity contribution in [3.63, 3.8) is 0 Å². The predicted molar refractivity (Wildman–Crippen MR) is 99.3 cm³/mol. The van der Waals surface area contributed by atoms with Crippen LogP contribution in [0.5, 0.6) is 0 Å². The molecule has 3 aromatic rings. The van der Waals surface area contributed by atoms with Crippen LogP contribution >= 0.6 is 11.3 Å². The molecule has 4 nitrogen and oxygen atoms in total. The van der Waals surface area contributed by atoms with Gasteiger partial charge in [-0.25, -0.2) is 9.37 Å². The largest absolute Gasteiger partial charge is 0.378 e. The van der Waals surface area contributed by atoms with Gasteiger partial charge in [0.05, 0.1) is 24.6 Å². The molecule has 0 N–H and O–H groups in total. The van der Waals surface area contributed by atoms with E-state index in [0.717, 1.165) is 54.1 Å². The molecule has 0 unspecified atom stereocenters. The van der Waals surface area contributed by atoms with Crippen LogP contribution < -0.4 is 4.90 Å². The maximum absolute atomic E-state index is 14.2. The molecule has 1 aliphatic heterocycles. The van der Waals surface area contributed by atoms with Crippen molar-refractivity contribution in [2.75, 3.05) is 31.2 Å². The van der Waals surface area contributed by atoms with Gasteiger partial charge in [0.25, 0.3) is 0 Å². The van der Waals surface area contributed by atoms with Gasteiger partial charge in [-0.3, -0.25) is 0 Å². The van der Waals surface area contributed by atoms with Crippen LogP contribution in [0, 0.1) is 19.7 Å². The molecule has 130 valence electrons. The molecule has 0 saturated carbocycles. The van der Waals surface area contributed by atoms with Crippen LogP contribution in [0.4, 0.5) is 9.52 Å². The van der Waals surface area contributed by atoms with E-state index in [9.17, 15) is 4.39 Å². The second-order valence-electron chi connectivity index (χ2n) is 6.19. The molecule has 1 aromatic carbocycles. The van der Waals surface area contributed by atoms with E-state index in [1.54, 1.807) is 23.5 Å². The van der Waals surface area contributed by atoms with Crippen LogP contribution in [0.3, 0.4) is 0 Å². The van der Waals surface area contributed by atoms with Gasteiger partial charge in [-0.05, 0) is 32.0 Å². The van der Waals surface area contributed by atoms with Crippen molar-refractivity contribution in [3.05, 3.63) is 52.9 Å². The molecular weight excluding hydrogens is 337 g/mol. The summed E-state index contributed by atoms with van der Waals surface area (Å²) in [6.45, 7) is 7.26. The predicted octanol–water partition coefficient (Wildman–Crippen LogP) is 4.19. The van der Waals surface area contributed by atoms with Gasteiger partial charge < -0.3 is 14.2 Å². The number of hydrogen-bond donors (Lipinski definition) is 0. The third kappa shape index (κ3) is 2.96. The lowest BCUT2D eigenvalue weighted by Gasteiger charge is -2.26. The van der Waals surface area contributed by atoms with Crippen molar-refractivity contribution in [2.45, 2.75) is 13.8 Å². The molecule has 1 fully saturated rings. The Morgan fingerprint density at radius 2 is 1.92 bits per heavy atom. The number of ether oxygens (including phenoxy) is 1. The highest BCUT2D eigenvalue weighted by atomic mass is 32.1. The van der Waals surface area contributed by atoms with Crippen molar-refractivity contribution in [2.24, 2.45) is 0 Å². The van der Waals surface area contributed by atoms with Gasteiger partial charge >= 0.3 is 0 Å². The fourth-order valence-electron chi connectivity index (χ4n) is 3.31. The number of thiazole rings is 1. The number of hydrogen-bond acceptors (Lipinski definition) is 4. The second-order valence-corrected chi connectivity index (χ2v) is 7.02. The Labute approximate surface area is 150 Å². The van der Waals surface area contributed by atoms with Crippen LogP contribution in [0.2, 0.25) is 0 Å². The molecule has 3 heterocycles. The zero-order valence-electron chi connectivity index (χ0n) is 14.3. The lowest BCUT2D eigenvalue weighted by Crippen LogP contribution is -2.36. The average molecular weight is 357 g/mol. The molecule has 25 heavy (non-hydrogen) atoms. The van der Waals surface area contributed by atoms with Crippen LogP contribution in [0.25, 0.3) is 16.9 Å². The Morgan fingerprint density at radius 1 is 1.16 bits per heavy atom. The quantitative estimate of drug-likeness (QED) is 0.704. The third-order valence-corrected chi connectivity index (χ3v) is 5.48. The molecular formula is C19H20FN3OS. The minimum absolute atomic E-state index is 0.219. The number of aryl methyl sites for hydroxylation is 1. The maximum Gasteiger partial charge on any atom is 0.186 e. The molecule has 1 aliphatic rings. The Morgan fingerprint density at radius 3 is 2.68 bits per heavy atom. The number of nitrogens with zero attached hydrogens (tertiary/aromatic N) is 3. The summed E-state index contributed by atoms with van der Waals surface area (Å²) in [5.74, 6) is -0.219. The Kier molecular flexibility index (Phi) is 4.31. The molecule has 2 aromatic heterocycles. The highest BCUT2D eigenvalue weighted by Crippen LogP contribution is 2.33. The first kappa shape index (κ1) is 16.3. The van der Waals surface area contributed by atoms with Crippen molar-refractivity contribution < 1.29 is 9.13 Å². The Hall–Kier alpha value is -2.18. The Bertz CT molecular complexity index is 896. The number of anilines is 1. The minimum atomic E-state index is -0.219. The average Bonchev–Trinajstić information content (AvgIpc) is 3.22. The standard InChI is InChI=1S/C19H20FN3OS/c1-13-11-15(14(2)23(13)18-6-4-3-5-16(18)20)17-12-25-19(21-17)22-7-9-24-10-8-22/h3-6,11-12H,7-10H2,1-2H3. The molecule has 4 rings (SSSR count). The molecule has 0 atom stereocenters. The van der Waals surface area contributed by atoms with Crippen LogP contribution in [0.1, 0.15) is 11.4 Å². The summed E-state index contributed by atoms with van der Waals surface area (Å²) in [6.07, 6.45) is 0. The van der Waals surface area contributed by atoms with Gasteiger partial charge in [0.15, 0.2) is 5.13 Å². The van der Waals surface area contributed by atoms with Gasteiger partial charge in [0, 0.05) is 35.4 Å². The number of halogens is 1. The monoisotopic (exact) mass is 357 g/mol. The van der Waals surface area contributed by atoms with E-state index in [1.165, 1.54) is 6.07 Å². The van der Waals surface area contributed by atoms with Gasteiger partial charge in [0.1, 0.15) is 5.82 Å². The first-order valence-electron chi connectivity index (χ1n) is 8.37. The number of morpholine rings is 1. The number of aromatic nitrogens is 2. The molecule has 0 amide bonds. The summed E-state index contributed by atoms with van der Waals surface area (Å²) in [6, 6.07) is 8.95. The first-order chi connectivity index (χ1) is 12.1. The van der Waals surface area contributed by atoms with Gasteiger partial charge in [-0.15, -0.1) is 11.3 Å². The third-order valence-electron chi connectivity index (χ3n) is 4.57. The normalized spacial score (nSPS) is 14.9. The molecule has 0 aliphatic carbocycles. The van der Waals surface area contributed by atoms with E-state index >= 15 is 0 Å². The smallest absolute Gasteiger partial charge is 0.186 e. The molecule has 0 radical (unpaired) electrons.